The lowest BCUT2D eigenvalue weighted by molar-refractivity contribution is -0.137. The van der Waals surface area contributed by atoms with Crippen LogP contribution in [0, 0.1) is 0 Å². The molecule has 2 rings (SSSR count). The third-order valence-electron chi connectivity index (χ3n) is 3.72. The van der Waals surface area contributed by atoms with E-state index in [1.165, 1.54) is 37.2 Å². The molecular formula is C23H26F3N3O2S2. The van der Waals surface area contributed by atoms with Crippen LogP contribution in [0.15, 0.2) is 75.9 Å². The number of rotatable bonds is 7. The summed E-state index contributed by atoms with van der Waals surface area (Å²) in [7, 11) is 1.44. The lowest BCUT2D eigenvalue weighted by atomic mass is 10.1. The highest BCUT2D eigenvalue weighted by Crippen LogP contribution is 2.29. The lowest BCUT2D eigenvalue weighted by Gasteiger charge is -2.07. The van der Waals surface area contributed by atoms with Gasteiger partial charge in [-0.15, -0.1) is 23.5 Å². The Kier molecular flexibility index (Phi) is 13.0. The van der Waals surface area contributed by atoms with Gasteiger partial charge in [0.2, 0.25) is 0 Å². The summed E-state index contributed by atoms with van der Waals surface area (Å²) < 4.78 is 38.0. The number of nitrogens with one attached hydrogen (secondary N) is 1. The second-order valence-corrected chi connectivity index (χ2v) is 7.73. The average molecular weight is 498 g/mol. The van der Waals surface area contributed by atoms with E-state index in [1.807, 2.05) is 50.4 Å². The molecule has 2 aromatic carbocycles. The van der Waals surface area contributed by atoms with E-state index in [9.17, 15) is 18.0 Å². The fourth-order valence-corrected chi connectivity index (χ4v) is 3.43. The highest BCUT2D eigenvalue weighted by atomic mass is 32.2. The molecule has 0 aliphatic carbocycles. The van der Waals surface area contributed by atoms with Crippen molar-refractivity contribution in [3.8, 4) is 0 Å². The molecule has 0 aromatic heterocycles. The molecule has 0 unspecified atom stereocenters. The molecule has 5 nitrogen and oxygen atoms in total. The molecule has 0 bridgehead atoms. The monoisotopic (exact) mass is 497 g/mol. The average Bonchev–Trinajstić information content (AvgIpc) is 2.83. The third kappa shape index (κ3) is 10.6. The Hall–Kier alpha value is -2.72. The molecule has 0 atom stereocenters. The quantitative estimate of drug-likeness (QED) is 0.150. The fraction of sp³-hybridized carbons (Fsp3) is 0.261. The topological polar surface area (TPSA) is 63.0 Å². The number of aliphatic imine (C=N–C) groups is 1. The van der Waals surface area contributed by atoms with Gasteiger partial charge in [0.15, 0.2) is 0 Å². The number of hydrogen-bond donors (Lipinski definition) is 1. The SMILES string of the molecule is CC.CNC(=O)O/N=C/c1ccc(SC/C=C/N=C(SC)c2ccc(C(F)(F)F)cc2)cc1. The van der Waals surface area contributed by atoms with Crippen molar-refractivity contribution in [2.24, 2.45) is 10.1 Å². The van der Waals surface area contributed by atoms with Crippen LogP contribution in [0.25, 0.3) is 0 Å². The van der Waals surface area contributed by atoms with E-state index in [0.717, 1.165) is 22.6 Å². The van der Waals surface area contributed by atoms with Gasteiger partial charge in [0, 0.05) is 29.5 Å². The van der Waals surface area contributed by atoms with Crippen molar-refractivity contribution in [3.05, 3.63) is 77.5 Å². The van der Waals surface area contributed by atoms with Crippen LogP contribution in [0.5, 0.6) is 0 Å². The maximum atomic E-state index is 12.7. The number of carbonyl (C=O) groups is 1. The first-order valence-corrected chi connectivity index (χ1v) is 12.1. The second-order valence-electron chi connectivity index (χ2n) is 5.84. The number of carbonyl (C=O) groups excluding carboxylic acids is 1. The van der Waals surface area contributed by atoms with Crippen LogP contribution < -0.4 is 5.32 Å². The lowest BCUT2D eigenvalue weighted by Crippen LogP contribution is -2.16. The molecule has 0 saturated heterocycles. The van der Waals surface area contributed by atoms with E-state index >= 15 is 0 Å². The molecule has 0 radical (unpaired) electrons. The molecular weight excluding hydrogens is 471 g/mol. The zero-order chi connectivity index (χ0) is 24.7. The number of halogens is 3. The van der Waals surface area contributed by atoms with E-state index in [-0.39, 0.29) is 0 Å². The van der Waals surface area contributed by atoms with Gasteiger partial charge < -0.3 is 5.32 Å². The van der Waals surface area contributed by atoms with Crippen molar-refractivity contribution in [2.75, 3.05) is 19.1 Å². The molecule has 0 aliphatic heterocycles. The zero-order valence-corrected chi connectivity index (χ0v) is 20.4. The van der Waals surface area contributed by atoms with Gasteiger partial charge in [-0.2, -0.15) is 13.2 Å². The van der Waals surface area contributed by atoms with Gasteiger partial charge in [0.05, 0.1) is 11.8 Å². The number of hydrogen-bond acceptors (Lipinski definition) is 6. The molecule has 2 aromatic rings. The van der Waals surface area contributed by atoms with Crippen LogP contribution in [0.3, 0.4) is 0 Å². The van der Waals surface area contributed by atoms with Gasteiger partial charge in [0.25, 0.3) is 0 Å². The van der Waals surface area contributed by atoms with Crippen LogP contribution >= 0.6 is 23.5 Å². The van der Waals surface area contributed by atoms with Crippen molar-refractivity contribution >= 4 is 40.9 Å². The minimum absolute atomic E-state index is 0.635. The van der Waals surface area contributed by atoms with Crippen LogP contribution in [-0.4, -0.2) is 36.4 Å². The molecule has 0 aliphatic rings. The number of alkyl halides is 3. The molecule has 178 valence electrons. The van der Waals surface area contributed by atoms with Gasteiger partial charge in [-0.3, -0.25) is 4.84 Å². The number of thioether (sulfide) groups is 2. The van der Waals surface area contributed by atoms with Gasteiger partial charge in [0.1, 0.15) is 5.04 Å². The van der Waals surface area contributed by atoms with E-state index in [0.29, 0.717) is 16.4 Å². The number of benzene rings is 2. The molecule has 10 heteroatoms. The summed E-state index contributed by atoms with van der Waals surface area (Å²) in [4.78, 5) is 20.8. The Labute approximate surface area is 200 Å². The number of amides is 1. The Morgan fingerprint density at radius 2 is 1.73 bits per heavy atom. The molecule has 0 heterocycles. The van der Waals surface area contributed by atoms with E-state index < -0.39 is 17.8 Å². The maximum Gasteiger partial charge on any atom is 0.433 e. The van der Waals surface area contributed by atoms with Crippen LogP contribution in [-0.2, 0) is 11.0 Å². The van der Waals surface area contributed by atoms with Crippen molar-refractivity contribution in [1.29, 1.82) is 0 Å². The Bertz CT molecular complexity index is 943. The largest absolute Gasteiger partial charge is 0.433 e. The van der Waals surface area contributed by atoms with E-state index in [1.54, 1.807) is 18.0 Å². The van der Waals surface area contributed by atoms with Crippen LogP contribution in [0.4, 0.5) is 18.0 Å². The van der Waals surface area contributed by atoms with Crippen molar-refractivity contribution in [3.63, 3.8) is 0 Å². The predicted octanol–water partition coefficient (Wildman–Crippen LogP) is 6.84. The molecule has 1 amide bonds. The van der Waals surface area contributed by atoms with Gasteiger partial charge in [-0.1, -0.05) is 49.3 Å². The molecule has 0 spiro atoms. The highest BCUT2D eigenvalue weighted by Gasteiger charge is 2.30. The first-order valence-electron chi connectivity index (χ1n) is 9.93. The molecule has 0 saturated carbocycles. The predicted molar refractivity (Wildman–Crippen MR) is 132 cm³/mol. The molecule has 1 N–H and O–H groups in total. The third-order valence-corrected chi connectivity index (χ3v) is 5.41. The van der Waals surface area contributed by atoms with Gasteiger partial charge in [-0.25, -0.2) is 9.79 Å². The summed E-state index contributed by atoms with van der Waals surface area (Å²) in [6, 6.07) is 12.5. The second kappa shape index (κ2) is 15.2. The fourth-order valence-electron chi connectivity index (χ4n) is 2.19. The Balaban J connectivity index is 0.00000265. The number of nitrogens with zero attached hydrogens (tertiary/aromatic N) is 2. The molecule has 33 heavy (non-hydrogen) atoms. The van der Waals surface area contributed by atoms with Crippen LogP contribution in [0.1, 0.15) is 30.5 Å². The normalized spacial score (nSPS) is 11.9. The zero-order valence-electron chi connectivity index (χ0n) is 18.7. The Morgan fingerprint density at radius 3 is 2.27 bits per heavy atom. The Morgan fingerprint density at radius 1 is 1.09 bits per heavy atom. The summed E-state index contributed by atoms with van der Waals surface area (Å²) in [5.41, 5.74) is 0.741. The number of oxime groups is 1. The summed E-state index contributed by atoms with van der Waals surface area (Å²) in [6.45, 7) is 4.00. The summed E-state index contributed by atoms with van der Waals surface area (Å²) in [6.07, 6.45) is 1.79. The van der Waals surface area contributed by atoms with E-state index in [2.05, 4.69) is 20.3 Å². The van der Waals surface area contributed by atoms with Gasteiger partial charge >= 0.3 is 12.3 Å². The van der Waals surface area contributed by atoms with Crippen molar-refractivity contribution in [2.45, 2.75) is 24.9 Å². The highest BCUT2D eigenvalue weighted by molar-refractivity contribution is 8.13. The van der Waals surface area contributed by atoms with Gasteiger partial charge in [-0.05, 0) is 36.1 Å². The van der Waals surface area contributed by atoms with Crippen LogP contribution in [0.2, 0.25) is 0 Å². The summed E-state index contributed by atoms with van der Waals surface area (Å²) in [5, 5.41) is 6.49. The summed E-state index contributed by atoms with van der Waals surface area (Å²) >= 11 is 2.96. The standard InChI is InChI=1S/C21H20F3N3O2S2.C2H6/c1-25-20(28)29-27-14-15-4-10-18(11-5-15)31-13-3-12-26-19(30-2)16-6-8-17(9-7-16)21(22,23)24;1-2/h3-12,14H,13H2,1-2H3,(H,25,28);1-2H3/b12-3+,26-19?,27-14+;. The molecule has 0 fully saturated rings. The van der Waals surface area contributed by atoms with Crippen molar-refractivity contribution in [1.82, 2.24) is 5.32 Å². The first-order chi connectivity index (χ1) is 15.8. The minimum atomic E-state index is -4.35. The summed E-state index contributed by atoms with van der Waals surface area (Å²) in [5.74, 6) is 0.672. The minimum Gasteiger partial charge on any atom is -0.323 e. The van der Waals surface area contributed by atoms with E-state index in [4.69, 9.17) is 0 Å². The maximum absolute atomic E-state index is 12.7. The first kappa shape index (κ1) is 28.3. The van der Waals surface area contributed by atoms with Crippen molar-refractivity contribution < 1.29 is 22.8 Å². The smallest absolute Gasteiger partial charge is 0.323 e.